The van der Waals surface area contributed by atoms with E-state index in [4.69, 9.17) is 4.74 Å². The molecule has 0 aliphatic heterocycles. The van der Waals surface area contributed by atoms with Crippen LogP contribution in [0, 0.1) is 0 Å². The van der Waals surface area contributed by atoms with Crippen LogP contribution >= 0.6 is 22.7 Å². The maximum Gasteiger partial charge on any atom is 0.321 e. The number of hydrogen-bond donors (Lipinski definition) is 3. The number of hydrogen-bond acceptors (Lipinski definition) is 7. The first-order chi connectivity index (χ1) is 15.6. The summed E-state index contributed by atoms with van der Waals surface area (Å²) < 4.78 is 6.48. The summed E-state index contributed by atoms with van der Waals surface area (Å²) in [5, 5.41) is 11.7. The lowest BCUT2D eigenvalue weighted by Gasteiger charge is -2.22. The second-order valence-electron chi connectivity index (χ2n) is 7.71. The Morgan fingerprint density at radius 3 is 2.78 bits per heavy atom. The maximum absolute atomic E-state index is 12.4. The van der Waals surface area contributed by atoms with Crippen molar-refractivity contribution in [2.75, 3.05) is 17.2 Å². The summed E-state index contributed by atoms with van der Waals surface area (Å²) in [6.45, 7) is 2.54. The number of ether oxygens (including phenoxy) is 1. The summed E-state index contributed by atoms with van der Waals surface area (Å²) in [5.41, 5.74) is 1.61. The first kappa shape index (κ1) is 22.5. The molecule has 0 unspecified atom stereocenters. The fourth-order valence-electron chi connectivity index (χ4n) is 3.68. The van der Waals surface area contributed by atoms with Gasteiger partial charge in [-0.15, -0.1) is 11.3 Å². The van der Waals surface area contributed by atoms with Crippen molar-refractivity contribution in [2.45, 2.75) is 57.9 Å². The number of amides is 3. The second-order valence-corrected chi connectivity index (χ2v) is 9.60. The molecule has 170 valence electrons. The predicted octanol–water partition coefficient (Wildman–Crippen LogP) is 5.18. The highest BCUT2D eigenvalue weighted by atomic mass is 32.1. The van der Waals surface area contributed by atoms with E-state index in [0.29, 0.717) is 23.3 Å². The van der Waals surface area contributed by atoms with Crippen LogP contribution in [0.15, 0.2) is 23.6 Å². The van der Waals surface area contributed by atoms with Crippen LogP contribution in [0.1, 0.15) is 51.1 Å². The van der Waals surface area contributed by atoms with E-state index in [9.17, 15) is 9.59 Å². The van der Waals surface area contributed by atoms with Gasteiger partial charge in [0.2, 0.25) is 5.91 Å². The number of urea groups is 1. The van der Waals surface area contributed by atoms with Gasteiger partial charge in [0.05, 0.1) is 22.5 Å². The standard InChI is InChI=1S/C22H27N5O3S2/c1-2-30-16-9-10-17-18(12-16)32-22(25-17)26-19(28)11-8-15-13-31-21(24-15)27-20(29)23-14-6-4-3-5-7-14/h9-10,12-14H,2-8,11H2,1H3,(H,25,26,28)(H2,23,24,27,29). The third-order valence-electron chi connectivity index (χ3n) is 5.24. The van der Waals surface area contributed by atoms with Crippen molar-refractivity contribution >= 4 is 55.1 Å². The highest BCUT2D eigenvalue weighted by Crippen LogP contribution is 2.29. The molecular formula is C22H27N5O3S2. The normalized spacial score (nSPS) is 14.3. The minimum atomic E-state index is -0.209. The fourth-order valence-corrected chi connectivity index (χ4v) is 5.33. The van der Waals surface area contributed by atoms with E-state index in [1.807, 2.05) is 30.5 Å². The number of carbonyl (C=O) groups is 2. The summed E-state index contributed by atoms with van der Waals surface area (Å²) in [7, 11) is 0. The zero-order chi connectivity index (χ0) is 22.3. The molecule has 0 spiro atoms. The number of aryl methyl sites for hydroxylation is 1. The van der Waals surface area contributed by atoms with Crippen LogP contribution in [0.5, 0.6) is 5.75 Å². The van der Waals surface area contributed by atoms with Gasteiger partial charge < -0.3 is 15.4 Å². The van der Waals surface area contributed by atoms with E-state index in [0.717, 1.165) is 34.5 Å². The molecule has 8 nitrogen and oxygen atoms in total. The molecule has 0 saturated heterocycles. The molecule has 3 amide bonds. The van der Waals surface area contributed by atoms with E-state index in [2.05, 4.69) is 25.9 Å². The van der Waals surface area contributed by atoms with Crippen LogP contribution in [-0.4, -0.2) is 34.6 Å². The van der Waals surface area contributed by atoms with Gasteiger partial charge in [-0.3, -0.25) is 10.1 Å². The van der Waals surface area contributed by atoms with Gasteiger partial charge in [-0.1, -0.05) is 30.6 Å². The molecule has 3 N–H and O–H groups in total. The number of carbonyl (C=O) groups excluding carboxylic acids is 2. The second kappa shape index (κ2) is 10.7. The van der Waals surface area contributed by atoms with Crippen molar-refractivity contribution in [1.29, 1.82) is 0 Å². The van der Waals surface area contributed by atoms with Crippen LogP contribution in [0.4, 0.5) is 15.1 Å². The number of nitrogens with zero attached hydrogens (tertiary/aromatic N) is 2. The van der Waals surface area contributed by atoms with E-state index in [1.165, 1.54) is 41.9 Å². The summed E-state index contributed by atoms with van der Waals surface area (Å²) in [6.07, 6.45) is 6.43. The highest BCUT2D eigenvalue weighted by molar-refractivity contribution is 7.22. The van der Waals surface area contributed by atoms with Crippen molar-refractivity contribution in [3.63, 3.8) is 0 Å². The number of benzene rings is 1. The maximum atomic E-state index is 12.4. The third-order valence-corrected chi connectivity index (χ3v) is 6.98. The van der Waals surface area contributed by atoms with Crippen molar-refractivity contribution in [3.05, 3.63) is 29.3 Å². The number of nitrogens with one attached hydrogen (secondary N) is 3. The molecule has 10 heteroatoms. The average Bonchev–Trinajstić information content (AvgIpc) is 3.39. The van der Waals surface area contributed by atoms with Crippen molar-refractivity contribution in [2.24, 2.45) is 0 Å². The average molecular weight is 474 g/mol. The lowest BCUT2D eigenvalue weighted by Crippen LogP contribution is -2.38. The Balaban J connectivity index is 1.24. The number of aromatic nitrogens is 2. The van der Waals surface area contributed by atoms with Gasteiger partial charge >= 0.3 is 6.03 Å². The molecule has 1 fully saturated rings. The van der Waals surface area contributed by atoms with Crippen LogP contribution < -0.4 is 20.7 Å². The first-order valence-corrected chi connectivity index (χ1v) is 12.6. The molecule has 1 aliphatic rings. The summed E-state index contributed by atoms with van der Waals surface area (Å²) in [5.74, 6) is 0.675. The predicted molar refractivity (Wildman–Crippen MR) is 129 cm³/mol. The van der Waals surface area contributed by atoms with Gasteiger partial charge in [0.15, 0.2) is 10.3 Å². The van der Waals surface area contributed by atoms with Crippen LogP contribution in [-0.2, 0) is 11.2 Å². The molecule has 1 saturated carbocycles. The molecular weight excluding hydrogens is 446 g/mol. The summed E-state index contributed by atoms with van der Waals surface area (Å²) >= 11 is 2.79. The van der Waals surface area contributed by atoms with E-state index in [1.54, 1.807) is 0 Å². The van der Waals surface area contributed by atoms with Gasteiger partial charge in [0.25, 0.3) is 0 Å². The van der Waals surface area contributed by atoms with Crippen molar-refractivity contribution in [1.82, 2.24) is 15.3 Å². The molecule has 3 aromatic rings. The molecule has 0 radical (unpaired) electrons. The molecule has 2 aromatic heterocycles. The van der Waals surface area contributed by atoms with Gasteiger partial charge in [-0.25, -0.2) is 14.8 Å². The van der Waals surface area contributed by atoms with E-state index >= 15 is 0 Å². The molecule has 1 aliphatic carbocycles. The first-order valence-electron chi connectivity index (χ1n) is 10.9. The Morgan fingerprint density at radius 1 is 1.12 bits per heavy atom. The molecule has 4 rings (SSSR count). The Bertz CT molecular complexity index is 1070. The molecule has 0 atom stereocenters. The minimum Gasteiger partial charge on any atom is -0.494 e. The number of rotatable bonds is 8. The molecule has 0 bridgehead atoms. The van der Waals surface area contributed by atoms with Crippen molar-refractivity contribution < 1.29 is 14.3 Å². The summed E-state index contributed by atoms with van der Waals surface area (Å²) in [4.78, 5) is 33.4. The highest BCUT2D eigenvalue weighted by Gasteiger charge is 2.16. The monoisotopic (exact) mass is 473 g/mol. The third kappa shape index (κ3) is 6.17. The number of fused-ring (bicyclic) bond motifs is 1. The Hall–Kier alpha value is -2.72. The van der Waals surface area contributed by atoms with Crippen molar-refractivity contribution in [3.8, 4) is 5.75 Å². The van der Waals surface area contributed by atoms with Crippen LogP contribution in [0.25, 0.3) is 10.2 Å². The Kier molecular flexibility index (Phi) is 7.54. The molecule has 1 aromatic carbocycles. The van der Waals surface area contributed by atoms with Gasteiger partial charge in [0.1, 0.15) is 5.75 Å². The van der Waals surface area contributed by atoms with Gasteiger partial charge in [0, 0.05) is 17.8 Å². The number of thiazole rings is 2. The number of anilines is 2. The fraction of sp³-hybridized carbons (Fsp3) is 0.455. The minimum absolute atomic E-state index is 0.119. The zero-order valence-corrected chi connectivity index (χ0v) is 19.6. The topological polar surface area (TPSA) is 105 Å². The van der Waals surface area contributed by atoms with Crippen LogP contribution in [0.3, 0.4) is 0 Å². The van der Waals surface area contributed by atoms with Crippen LogP contribution in [0.2, 0.25) is 0 Å². The van der Waals surface area contributed by atoms with E-state index in [-0.39, 0.29) is 24.4 Å². The Labute approximate surface area is 194 Å². The Morgan fingerprint density at radius 2 is 1.97 bits per heavy atom. The largest absolute Gasteiger partial charge is 0.494 e. The quantitative estimate of drug-likeness (QED) is 0.418. The zero-order valence-electron chi connectivity index (χ0n) is 18.0. The van der Waals surface area contributed by atoms with Gasteiger partial charge in [-0.05, 0) is 44.4 Å². The lowest BCUT2D eigenvalue weighted by molar-refractivity contribution is -0.116. The smallest absolute Gasteiger partial charge is 0.321 e. The summed E-state index contributed by atoms with van der Waals surface area (Å²) in [6, 6.07) is 5.74. The molecule has 2 heterocycles. The van der Waals surface area contributed by atoms with Gasteiger partial charge in [-0.2, -0.15) is 0 Å². The lowest BCUT2D eigenvalue weighted by atomic mass is 9.96. The van der Waals surface area contributed by atoms with E-state index < -0.39 is 0 Å². The molecule has 32 heavy (non-hydrogen) atoms. The SMILES string of the molecule is CCOc1ccc2nc(NC(=O)CCc3csc(NC(=O)NC4CCCCC4)n3)sc2c1.